The molecule has 2 heteroatoms. The molecule has 2 aromatic carbocycles. The van der Waals surface area contributed by atoms with Crippen LogP contribution in [0.1, 0.15) is 17.5 Å². The first-order valence-corrected chi connectivity index (χ1v) is 6.64. The van der Waals surface area contributed by atoms with E-state index in [1.807, 2.05) is 7.05 Å². The molecule has 0 fully saturated rings. The van der Waals surface area contributed by atoms with Crippen LogP contribution >= 0.6 is 0 Å². The fourth-order valence-electron chi connectivity index (χ4n) is 2.15. The Bertz CT molecular complexity index is 505. The van der Waals surface area contributed by atoms with Crippen molar-refractivity contribution in [2.45, 2.75) is 19.9 Å². The van der Waals surface area contributed by atoms with Crippen LogP contribution < -0.4 is 10.6 Å². The molecule has 96 valence electrons. The lowest BCUT2D eigenvalue weighted by atomic mass is 10.0. The average Bonchev–Trinajstić information content (AvgIpc) is 2.38. The summed E-state index contributed by atoms with van der Waals surface area (Å²) >= 11 is 0. The Hall–Kier alpha value is -1.38. The Morgan fingerprint density at radius 3 is 2.56 bits per heavy atom. The van der Waals surface area contributed by atoms with Gasteiger partial charge in [0.25, 0.3) is 0 Å². The van der Waals surface area contributed by atoms with Gasteiger partial charge >= 0.3 is 0 Å². The molecule has 0 heterocycles. The van der Waals surface area contributed by atoms with Crippen LogP contribution in [0.5, 0.6) is 0 Å². The number of rotatable bonds is 6. The Morgan fingerprint density at radius 2 is 1.72 bits per heavy atom. The van der Waals surface area contributed by atoms with Crippen LogP contribution in [0.3, 0.4) is 0 Å². The monoisotopic (exact) mass is 242 g/mol. The molecule has 2 nitrogen and oxygen atoms in total. The summed E-state index contributed by atoms with van der Waals surface area (Å²) in [4.78, 5) is 0. The molecule has 0 amide bonds. The molecule has 0 radical (unpaired) electrons. The van der Waals surface area contributed by atoms with Crippen LogP contribution in [-0.4, -0.2) is 20.1 Å². The zero-order valence-electron chi connectivity index (χ0n) is 11.3. The molecule has 0 aliphatic heterocycles. The van der Waals surface area contributed by atoms with E-state index in [-0.39, 0.29) is 0 Å². The van der Waals surface area contributed by atoms with E-state index in [2.05, 4.69) is 54.0 Å². The van der Waals surface area contributed by atoms with Gasteiger partial charge in [0.15, 0.2) is 0 Å². The van der Waals surface area contributed by atoms with E-state index in [1.54, 1.807) is 0 Å². The van der Waals surface area contributed by atoms with Crippen LogP contribution in [0, 0.1) is 6.92 Å². The highest BCUT2D eigenvalue weighted by Crippen LogP contribution is 2.17. The number of hydrogen-bond donors (Lipinski definition) is 2. The molecule has 0 spiro atoms. The second kappa shape index (κ2) is 6.53. The van der Waals surface area contributed by atoms with Crippen LogP contribution in [0.25, 0.3) is 10.8 Å². The average molecular weight is 242 g/mol. The maximum Gasteiger partial charge on any atom is 0.0205 e. The molecule has 18 heavy (non-hydrogen) atoms. The minimum Gasteiger partial charge on any atom is -0.320 e. The topological polar surface area (TPSA) is 24.1 Å². The quantitative estimate of drug-likeness (QED) is 0.761. The molecular weight excluding hydrogens is 220 g/mol. The second-order valence-electron chi connectivity index (χ2n) is 4.82. The number of aryl methyl sites for hydroxylation is 1. The summed E-state index contributed by atoms with van der Waals surface area (Å²) in [5.74, 6) is 0. The molecule has 0 bridgehead atoms. The van der Waals surface area contributed by atoms with Gasteiger partial charge in [-0.2, -0.15) is 0 Å². The molecule has 0 atom stereocenters. The summed E-state index contributed by atoms with van der Waals surface area (Å²) in [6, 6.07) is 13.3. The summed E-state index contributed by atoms with van der Waals surface area (Å²) in [6.07, 6.45) is 1.17. The van der Waals surface area contributed by atoms with Gasteiger partial charge < -0.3 is 10.6 Å². The van der Waals surface area contributed by atoms with Gasteiger partial charge in [0, 0.05) is 6.54 Å². The van der Waals surface area contributed by atoms with Crippen molar-refractivity contribution in [2.75, 3.05) is 20.1 Å². The van der Waals surface area contributed by atoms with Crippen molar-refractivity contribution >= 4 is 10.8 Å². The van der Waals surface area contributed by atoms with E-state index < -0.39 is 0 Å². The molecule has 0 saturated carbocycles. The van der Waals surface area contributed by atoms with E-state index in [1.165, 1.54) is 28.3 Å². The Morgan fingerprint density at radius 1 is 0.944 bits per heavy atom. The maximum atomic E-state index is 3.47. The maximum absolute atomic E-state index is 3.47. The third kappa shape index (κ3) is 3.56. The summed E-state index contributed by atoms with van der Waals surface area (Å²) in [5.41, 5.74) is 2.68. The van der Waals surface area contributed by atoms with Crippen molar-refractivity contribution in [1.82, 2.24) is 10.6 Å². The molecule has 2 aromatic rings. The van der Waals surface area contributed by atoms with E-state index in [4.69, 9.17) is 0 Å². The number of hydrogen-bond acceptors (Lipinski definition) is 2. The van der Waals surface area contributed by atoms with Gasteiger partial charge in [-0.15, -0.1) is 0 Å². The van der Waals surface area contributed by atoms with Crippen molar-refractivity contribution in [1.29, 1.82) is 0 Å². The largest absolute Gasteiger partial charge is 0.320 e. The van der Waals surface area contributed by atoms with Gasteiger partial charge in [-0.1, -0.05) is 35.9 Å². The van der Waals surface area contributed by atoms with Gasteiger partial charge in [-0.25, -0.2) is 0 Å². The van der Waals surface area contributed by atoms with Crippen molar-refractivity contribution in [2.24, 2.45) is 0 Å². The van der Waals surface area contributed by atoms with E-state index in [0.717, 1.165) is 19.6 Å². The normalized spacial score (nSPS) is 11.0. The molecule has 2 rings (SSSR count). The minimum atomic E-state index is 0.952. The van der Waals surface area contributed by atoms with E-state index in [0.29, 0.717) is 0 Å². The number of fused-ring (bicyclic) bond motifs is 1. The molecule has 0 aliphatic carbocycles. The highest BCUT2D eigenvalue weighted by Gasteiger charge is 1.97. The molecule has 2 N–H and O–H groups in total. The Balaban J connectivity index is 1.95. The fraction of sp³-hybridized carbons (Fsp3) is 0.375. The highest BCUT2D eigenvalue weighted by molar-refractivity contribution is 5.83. The van der Waals surface area contributed by atoms with Gasteiger partial charge in [0.2, 0.25) is 0 Å². The zero-order valence-corrected chi connectivity index (χ0v) is 11.3. The van der Waals surface area contributed by atoms with Gasteiger partial charge in [0.1, 0.15) is 0 Å². The lowest BCUT2D eigenvalue weighted by Crippen LogP contribution is -2.19. The van der Waals surface area contributed by atoms with E-state index in [9.17, 15) is 0 Å². The summed E-state index contributed by atoms with van der Waals surface area (Å²) in [6.45, 7) is 5.22. The third-order valence-electron chi connectivity index (χ3n) is 3.17. The third-order valence-corrected chi connectivity index (χ3v) is 3.17. The van der Waals surface area contributed by atoms with E-state index >= 15 is 0 Å². The van der Waals surface area contributed by atoms with Crippen molar-refractivity contribution in [3.63, 3.8) is 0 Å². The first-order valence-electron chi connectivity index (χ1n) is 6.64. The van der Waals surface area contributed by atoms with Crippen LogP contribution in [0.4, 0.5) is 0 Å². The fourth-order valence-corrected chi connectivity index (χ4v) is 2.15. The predicted octanol–water partition coefficient (Wildman–Crippen LogP) is 2.85. The molecule has 0 saturated heterocycles. The van der Waals surface area contributed by atoms with Crippen LogP contribution in [0.15, 0.2) is 36.4 Å². The van der Waals surface area contributed by atoms with Gasteiger partial charge in [-0.3, -0.25) is 0 Å². The molecular formula is C16H22N2. The summed E-state index contributed by atoms with van der Waals surface area (Å²) in [5, 5.41) is 9.28. The minimum absolute atomic E-state index is 0.952. The molecule has 0 aromatic heterocycles. The highest BCUT2D eigenvalue weighted by atomic mass is 14.9. The van der Waals surface area contributed by atoms with Crippen LogP contribution in [-0.2, 0) is 6.54 Å². The first kappa shape index (κ1) is 13.1. The van der Waals surface area contributed by atoms with Crippen molar-refractivity contribution in [3.05, 3.63) is 47.5 Å². The second-order valence-corrected chi connectivity index (χ2v) is 4.82. The zero-order chi connectivity index (χ0) is 12.8. The number of benzene rings is 2. The smallest absolute Gasteiger partial charge is 0.0205 e. The Labute approximate surface area is 109 Å². The standard InChI is InChI=1S/C16H22N2/c1-13-4-6-16-11-14(5-7-15(16)10-13)12-18-9-3-8-17-2/h4-7,10-11,17-18H,3,8-9,12H2,1-2H3. The van der Waals surface area contributed by atoms with Crippen LogP contribution in [0.2, 0.25) is 0 Å². The molecule has 0 aliphatic rings. The number of nitrogens with one attached hydrogen (secondary N) is 2. The summed E-state index contributed by atoms with van der Waals surface area (Å²) in [7, 11) is 1.99. The van der Waals surface area contributed by atoms with Gasteiger partial charge in [0.05, 0.1) is 0 Å². The lowest BCUT2D eigenvalue weighted by molar-refractivity contribution is 0.625. The predicted molar refractivity (Wildman–Crippen MR) is 78.9 cm³/mol. The summed E-state index contributed by atoms with van der Waals surface area (Å²) < 4.78 is 0. The van der Waals surface area contributed by atoms with Crippen molar-refractivity contribution in [3.8, 4) is 0 Å². The van der Waals surface area contributed by atoms with Gasteiger partial charge in [-0.05, 0) is 55.9 Å². The first-order chi connectivity index (χ1) is 8.79. The SMILES string of the molecule is CNCCCNCc1ccc2cc(C)ccc2c1. The Kier molecular flexibility index (Phi) is 4.73. The lowest BCUT2D eigenvalue weighted by Gasteiger charge is -2.06. The van der Waals surface area contributed by atoms with Crippen molar-refractivity contribution < 1.29 is 0 Å². The molecule has 0 unspecified atom stereocenters.